The van der Waals surface area contributed by atoms with Gasteiger partial charge in [-0.3, -0.25) is 0 Å². The van der Waals surface area contributed by atoms with E-state index in [4.69, 9.17) is 9.63 Å². The molecule has 5 heteroatoms. The number of rotatable bonds is 3. The highest BCUT2D eigenvalue weighted by atomic mass is 16.5. The molecule has 3 rings (SSSR count). The summed E-state index contributed by atoms with van der Waals surface area (Å²) in [6, 6.07) is 14.0. The first-order valence-electron chi connectivity index (χ1n) is 6.03. The van der Waals surface area contributed by atoms with Gasteiger partial charge in [0.25, 0.3) is 5.76 Å². The lowest BCUT2D eigenvalue weighted by atomic mass is 9.97. The van der Waals surface area contributed by atoms with Crippen LogP contribution in [0.3, 0.4) is 0 Å². The van der Waals surface area contributed by atoms with Crippen LogP contribution < -0.4 is 0 Å². The molecule has 1 atom stereocenters. The van der Waals surface area contributed by atoms with Crippen molar-refractivity contribution in [3.8, 4) is 0 Å². The molecule has 1 unspecified atom stereocenters. The van der Waals surface area contributed by atoms with E-state index in [9.17, 15) is 9.90 Å². The highest BCUT2D eigenvalue weighted by molar-refractivity contribution is 6.01. The second-order valence-corrected chi connectivity index (χ2v) is 4.37. The molecule has 0 saturated carbocycles. The van der Waals surface area contributed by atoms with E-state index in [0.29, 0.717) is 22.0 Å². The molecule has 0 aliphatic heterocycles. The van der Waals surface area contributed by atoms with Crippen LogP contribution in [0, 0.1) is 0 Å². The monoisotopic (exact) mass is 269 g/mol. The predicted molar refractivity (Wildman–Crippen MR) is 71.5 cm³/mol. The predicted octanol–water partition coefficient (Wildman–Crippen LogP) is 2.61. The summed E-state index contributed by atoms with van der Waals surface area (Å²) in [5.41, 5.74) is 1.56. The van der Waals surface area contributed by atoms with E-state index in [2.05, 4.69) is 5.16 Å². The number of aliphatic hydroxyl groups is 1. The van der Waals surface area contributed by atoms with Gasteiger partial charge in [-0.25, -0.2) is 4.79 Å². The fourth-order valence-corrected chi connectivity index (χ4v) is 2.21. The van der Waals surface area contributed by atoms with Crippen molar-refractivity contribution in [3.05, 3.63) is 65.4 Å². The molecule has 0 fully saturated rings. The minimum Gasteiger partial charge on any atom is -0.475 e. The number of carboxylic acids is 1. The van der Waals surface area contributed by atoms with Gasteiger partial charge in [-0.2, -0.15) is 0 Å². The number of hydrogen-bond acceptors (Lipinski definition) is 4. The minimum atomic E-state index is -1.21. The average molecular weight is 269 g/mol. The van der Waals surface area contributed by atoms with E-state index < -0.39 is 12.1 Å². The average Bonchev–Trinajstić information content (AvgIpc) is 2.91. The number of aromatic carboxylic acids is 1. The van der Waals surface area contributed by atoms with E-state index in [1.807, 2.05) is 18.2 Å². The van der Waals surface area contributed by atoms with Gasteiger partial charge in [-0.1, -0.05) is 47.6 Å². The number of carbonyl (C=O) groups is 1. The molecule has 100 valence electrons. The standard InChI is InChI=1S/C15H11NO4/c17-13(9-5-2-1-3-6-9)10-7-4-8-11-12(10)14(15(18)19)20-16-11/h1-8,13,17H,(H,18,19). The molecule has 5 nitrogen and oxygen atoms in total. The summed E-state index contributed by atoms with van der Waals surface area (Å²) in [4.78, 5) is 11.2. The molecule has 0 saturated heterocycles. The molecule has 2 N–H and O–H groups in total. The summed E-state index contributed by atoms with van der Waals surface area (Å²) >= 11 is 0. The quantitative estimate of drug-likeness (QED) is 0.763. The Morgan fingerprint density at radius 1 is 1.10 bits per heavy atom. The molecular formula is C15H11NO4. The molecule has 1 heterocycles. The van der Waals surface area contributed by atoms with Crippen LogP contribution in [0.4, 0.5) is 0 Å². The third-order valence-electron chi connectivity index (χ3n) is 3.14. The van der Waals surface area contributed by atoms with Crippen LogP contribution in [0.25, 0.3) is 10.9 Å². The van der Waals surface area contributed by atoms with E-state index >= 15 is 0 Å². The molecule has 3 aromatic rings. The van der Waals surface area contributed by atoms with E-state index in [0.717, 1.165) is 0 Å². The van der Waals surface area contributed by atoms with Crippen LogP contribution in [0.1, 0.15) is 27.8 Å². The van der Waals surface area contributed by atoms with Crippen molar-refractivity contribution in [2.24, 2.45) is 0 Å². The molecule has 0 aliphatic rings. The Labute approximate surface area is 114 Å². The molecule has 0 aliphatic carbocycles. The fourth-order valence-electron chi connectivity index (χ4n) is 2.21. The zero-order valence-corrected chi connectivity index (χ0v) is 10.4. The van der Waals surface area contributed by atoms with Gasteiger partial charge >= 0.3 is 5.97 Å². The van der Waals surface area contributed by atoms with E-state index in [-0.39, 0.29) is 5.76 Å². The highest BCUT2D eigenvalue weighted by Gasteiger charge is 2.22. The molecular weight excluding hydrogens is 258 g/mol. The van der Waals surface area contributed by atoms with Crippen molar-refractivity contribution in [2.45, 2.75) is 6.10 Å². The van der Waals surface area contributed by atoms with Crippen molar-refractivity contribution in [3.63, 3.8) is 0 Å². The fraction of sp³-hybridized carbons (Fsp3) is 0.0667. The lowest BCUT2D eigenvalue weighted by molar-refractivity contribution is 0.0655. The van der Waals surface area contributed by atoms with E-state index in [1.165, 1.54) is 0 Å². The Kier molecular flexibility index (Phi) is 2.96. The molecule has 2 aromatic carbocycles. The molecule has 20 heavy (non-hydrogen) atoms. The van der Waals surface area contributed by atoms with Gasteiger partial charge in [-0.05, 0) is 17.2 Å². The van der Waals surface area contributed by atoms with Crippen LogP contribution in [0.5, 0.6) is 0 Å². The number of benzene rings is 2. The molecule has 0 radical (unpaired) electrons. The van der Waals surface area contributed by atoms with Gasteiger partial charge < -0.3 is 14.7 Å². The van der Waals surface area contributed by atoms with Crippen LogP contribution in [0.2, 0.25) is 0 Å². The Bertz CT molecular complexity index is 764. The topological polar surface area (TPSA) is 83.6 Å². The minimum absolute atomic E-state index is 0.259. The number of nitrogens with zero attached hydrogens (tertiary/aromatic N) is 1. The second kappa shape index (κ2) is 4.79. The van der Waals surface area contributed by atoms with Gasteiger partial charge in [-0.15, -0.1) is 0 Å². The molecule has 0 amide bonds. The highest BCUT2D eigenvalue weighted by Crippen LogP contribution is 2.30. The van der Waals surface area contributed by atoms with Gasteiger partial charge in [0.15, 0.2) is 0 Å². The summed E-state index contributed by atoms with van der Waals surface area (Å²) in [6.45, 7) is 0. The largest absolute Gasteiger partial charge is 0.475 e. The van der Waals surface area contributed by atoms with Crippen molar-refractivity contribution >= 4 is 16.9 Å². The van der Waals surface area contributed by atoms with Crippen molar-refractivity contribution in [1.82, 2.24) is 5.16 Å². The number of hydrogen-bond donors (Lipinski definition) is 2. The molecule has 1 aromatic heterocycles. The summed E-state index contributed by atoms with van der Waals surface area (Å²) < 4.78 is 4.84. The second-order valence-electron chi connectivity index (χ2n) is 4.37. The number of fused-ring (bicyclic) bond motifs is 1. The maximum absolute atomic E-state index is 11.2. The smallest absolute Gasteiger partial charge is 0.375 e. The summed E-state index contributed by atoms with van der Waals surface area (Å²) in [6.07, 6.45) is -0.933. The third kappa shape index (κ3) is 1.94. The Balaban J connectivity index is 2.21. The Hall–Kier alpha value is -2.66. The first-order chi connectivity index (χ1) is 9.68. The maximum Gasteiger partial charge on any atom is 0.375 e. The zero-order chi connectivity index (χ0) is 14.1. The SMILES string of the molecule is O=C(O)c1onc2cccc(C(O)c3ccccc3)c12. The molecule has 0 bridgehead atoms. The number of carboxylic acid groups (broad SMARTS) is 1. The normalized spacial score (nSPS) is 12.4. The Morgan fingerprint density at radius 2 is 1.85 bits per heavy atom. The summed E-state index contributed by atoms with van der Waals surface area (Å²) in [5, 5.41) is 23.6. The number of aliphatic hydroxyl groups excluding tert-OH is 1. The van der Waals surface area contributed by atoms with Gasteiger partial charge in [0.05, 0.1) is 5.39 Å². The van der Waals surface area contributed by atoms with Crippen LogP contribution in [-0.2, 0) is 0 Å². The van der Waals surface area contributed by atoms with Crippen LogP contribution in [0.15, 0.2) is 53.1 Å². The Morgan fingerprint density at radius 3 is 2.55 bits per heavy atom. The first kappa shape index (κ1) is 12.4. The maximum atomic E-state index is 11.2. The third-order valence-corrected chi connectivity index (χ3v) is 3.14. The summed E-state index contributed by atoms with van der Waals surface area (Å²) in [5.74, 6) is -1.47. The molecule has 0 spiro atoms. The van der Waals surface area contributed by atoms with Crippen molar-refractivity contribution in [1.29, 1.82) is 0 Å². The van der Waals surface area contributed by atoms with Crippen molar-refractivity contribution < 1.29 is 19.5 Å². The zero-order valence-electron chi connectivity index (χ0n) is 10.4. The lowest BCUT2D eigenvalue weighted by Gasteiger charge is -2.12. The van der Waals surface area contributed by atoms with Crippen molar-refractivity contribution in [2.75, 3.05) is 0 Å². The van der Waals surface area contributed by atoms with Gasteiger partial charge in [0.2, 0.25) is 0 Å². The lowest BCUT2D eigenvalue weighted by Crippen LogP contribution is -2.02. The van der Waals surface area contributed by atoms with E-state index in [1.54, 1.807) is 30.3 Å². The first-order valence-corrected chi connectivity index (χ1v) is 6.03. The van der Waals surface area contributed by atoms with Gasteiger partial charge in [0.1, 0.15) is 11.6 Å². The summed E-state index contributed by atoms with van der Waals surface area (Å²) in [7, 11) is 0. The van der Waals surface area contributed by atoms with Gasteiger partial charge in [0, 0.05) is 0 Å². The van der Waals surface area contributed by atoms with Crippen LogP contribution in [-0.4, -0.2) is 21.3 Å². The number of aromatic nitrogens is 1. The van der Waals surface area contributed by atoms with Crippen LogP contribution >= 0.6 is 0 Å².